The Morgan fingerprint density at radius 3 is 2.69 bits per heavy atom. The van der Waals surface area contributed by atoms with Gasteiger partial charge in [-0.15, -0.1) is 0 Å². The average molecular weight is 605 g/mol. The van der Waals surface area contributed by atoms with E-state index in [1.165, 1.54) is 7.05 Å². The number of nitrogens with one attached hydrogen (secondary N) is 3. The summed E-state index contributed by atoms with van der Waals surface area (Å²) in [6.45, 7) is 3.30. The van der Waals surface area contributed by atoms with E-state index >= 15 is 0 Å². The fourth-order valence-corrected chi connectivity index (χ4v) is 4.67. The number of rotatable bonds is 7. The van der Waals surface area contributed by atoms with E-state index in [0.29, 0.717) is 37.3 Å². The molecule has 1 aliphatic rings. The van der Waals surface area contributed by atoms with Gasteiger partial charge in [-0.2, -0.15) is 0 Å². The summed E-state index contributed by atoms with van der Waals surface area (Å²) in [6, 6.07) is 5.61. The normalized spacial score (nSPS) is 13.9. The molecule has 11 nitrogen and oxygen atoms in total. The second-order valence-electron chi connectivity index (χ2n) is 8.45. The predicted molar refractivity (Wildman–Crippen MR) is 142 cm³/mol. The summed E-state index contributed by atoms with van der Waals surface area (Å²) < 4.78 is 7.80. The molecule has 0 spiro atoms. The Bertz CT molecular complexity index is 1270. The van der Waals surface area contributed by atoms with Crippen LogP contribution in [0.5, 0.6) is 0 Å². The van der Waals surface area contributed by atoms with E-state index in [0.717, 1.165) is 20.6 Å². The first-order valence-corrected chi connectivity index (χ1v) is 12.7. The summed E-state index contributed by atoms with van der Waals surface area (Å²) in [5.41, 5.74) is 3.03. The number of aryl methyl sites for hydroxylation is 1. The molecule has 0 bridgehead atoms. The summed E-state index contributed by atoms with van der Waals surface area (Å²) >= 11 is 2.22. The monoisotopic (exact) mass is 605 g/mol. The van der Waals surface area contributed by atoms with Crippen LogP contribution in [0.15, 0.2) is 36.8 Å². The van der Waals surface area contributed by atoms with E-state index in [1.54, 1.807) is 17.3 Å². The zero-order valence-electron chi connectivity index (χ0n) is 20.1. The number of amides is 3. The number of hydrogen-bond acceptors (Lipinski definition) is 7. The van der Waals surface area contributed by atoms with E-state index in [2.05, 4.69) is 48.5 Å². The Morgan fingerprint density at radius 2 is 1.97 bits per heavy atom. The number of hydrogen-bond donors (Lipinski definition) is 3. The van der Waals surface area contributed by atoms with Crippen molar-refractivity contribution in [2.45, 2.75) is 19.8 Å². The quantitative estimate of drug-likeness (QED) is 0.279. The molecule has 0 unspecified atom stereocenters. The van der Waals surface area contributed by atoms with Crippen LogP contribution in [0.1, 0.15) is 28.8 Å². The molecule has 1 fully saturated rings. The van der Waals surface area contributed by atoms with E-state index < -0.39 is 6.09 Å². The van der Waals surface area contributed by atoms with E-state index in [-0.39, 0.29) is 30.9 Å². The minimum Gasteiger partial charge on any atom is -0.448 e. The third-order valence-corrected chi connectivity index (χ3v) is 6.89. The van der Waals surface area contributed by atoms with Crippen LogP contribution in [-0.2, 0) is 9.53 Å². The van der Waals surface area contributed by atoms with Gasteiger partial charge in [0.2, 0.25) is 5.91 Å². The molecule has 0 radical (unpaired) electrons. The molecule has 3 aromatic rings. The van der Waals surface area contributed by atoms with E-state index in [1.807, 2.05) is 35.7 Å². The largest absolute Gasteiger partial charge is 0.448 e. The average Bonchev–Trinajstić information content (AvgIpc) is 3.27. The fourth-order valence-electron chi connectivity index (χ4n) is 4.15. The highest BCUT2D eigenvalue weighted by molar-refractivity contribution is 14.1. The molecule has 190 valence electrons. The van der Waals surface area contributed by atoms with Crippen molar-refractivity contribution in [3.63, 3.8) is 0 Å². The number of benzene rings is 1. The van der Waals surface area contributed by atoms with Crippen molar-refractivity contribution < 1.29 is 19.1 Å². The van der Waals surface area contributed by atoms with Crippen molar-refractivity contribution in [1.29, 1.82) is 0 Å². The minimum atomic E-state index is -0.531. The second kappa shape index (κ2) is 11.5. The molecular formula is C24H28IN7O4. The van der Waals surface area contributed by atoms with Crippen LogP contribution < -0.4 is 16.0 Å². The van der Waals surface area contributed by atoms with Gasteiger partial charge in [0, 0.05) is 49.7 Å². The third-order valence-electron chi connectivity index (χ3n) is 6.09. The highest BCUT2D eigenvalue weighted by atomic mass is 127. The maximum Gasteiger partial charge on any atom is 0.406 e. The van der Waals surface area contributed by atoms with Crippen LogP contribution in [0.4, 0.5) is 16.3 Å². The minimum absolute atomic E-state index is 0.0417. The van der Waals surface area contributed by atoms with Gasteiger partial charge in [-0.05, 0) is 66.1 Å². The van der Waals surface area contributed by atoms with Crippen molar-refractivity contribution in [2.75, 3.05) is 38.6 Å². The van der Waals surface area contributed by atoms with Crippen LogP contribution in [0.25, 0.3) is 5.65 Å². The highest BCUT2D eigenvalue weighted by Crippen LogP contribution is 2.25. The summed E-state index contributed by atoms with van der Waals surface area (Å²) in [7, 11) is 1.48. The highest BCUT2D eigenvalue weighted by Gasteiger charge is 2.28. The molecule has 12 heteroatoms. The smallest absolute Gasteiger partial charge is 0.406 e. The first-order chi connectivity index (χ1) is 17.4. The zero-order valence-corrected chi connectivity index (χ0v) is 22.2. The standard InChI is InChI=1S/C24H28IN7O4/c1-15-13-17(30-20-21-29-14-19(25)32(21)11-7-27-20)3-4-18(15)23(34)31-9-5-16(6-10-31)22(33)28-8-12-36-24(35)26-2/h3-4,7,11,13-14,16H,5-6,8-10,12H2,1-2H3,(H,26,35)(H,27,30)(H,28,33). The number of likely N-dealkylation sites (tertiary alicyclic amines) is 1. The zero-order chi connectivity index (χ0) is 25.7. The molecule has 1 saturated heterocycles. The number of piperidine rings is 1. The van der Waals surface area contributed by atoms with Crippen LogP contribution in [-0.4, -0.2) is 70.5 Å². The molecular weight excluding hydrogens is 577 g/mol. The molecule has 3 N–H and O–H groups in total. The number of alkyl carbamates (subject to hydrolysis) is 1. The summed E-state index contributed by atoms with van der Waals surface area (Å²) in [6.07, 6.45) is 6.00. The molecule has 0 aliphatic carbocycles. The molecule has 1 aliphatic heterocycles. The van der Waals surface area contributed by atoms with E-state index in [4.69, 9.17) is 4.74 Å². The van der Waals surface area contributed by atoms with E-state index in [9.17, 15) is 14.4 Å². The predicted octanol–water partition coefficient (Wildman–Crippen LogP) is 2.71. The first-order valence-electron chi connectivity index (χ1n) is 11.6. The van der Waals surface area contributed by atoms with Gasteiger partial charge in [0.1, 0.15) is 10.3 Å². The maximum atomic E-state index is 13.2. The number of aromatic nitrogens is 3. The fraction of sp³-hybridized carbons (Fsp3) is 0.375. The molecule has 0 atom stereocenters. The van der Waals surface area contributed by atoms with Gasteiger partial charge < -0.3 is 25.6 Å². The lowest BCUT2D eigenvalue weighted by atomic mass is 9.95. The molecule has 0 saturated carbocycles. The van der Waals surface area contributed by atoms with Crippen LogP contribution in [0, 0.1) is 16.5 Å². The molecule has 3 amide bonds. The van der Waals surface area contributed by atoms with Gasteiger partial charge in [-0.25, -0.2) is 14.8 Å². The second-order valence-corrected chi connectivity index (χ2v) is 9.55. The summed E-state index contributed by atoms with van der Waals surface area (Å²) in [5.74, 6) is 0.354. The first kappa shape index (κ1) is 25.7. The van der Waals surface area contributed by atoms with Gasteiger partial charge in [-0.3, -0.25) is 14.0 Å². The molecule has 1 aromatic carbocycles. The van der Waals surface area contributed by atoms with Crippen molar-refractivity contribution in [2.24, 2.45) is 5.92 Å². The number of fused-ring (bicyclic) bond motifs is 1. The Labute approximate surface area is 222 Å². The van der Waals surface area contributed by atoms with Gasteiger partial charge >= 0.3 is 6.09 Å². The maximum absolute atomic E-state index is 13.2. The summed E-state index contributed by atoms with van der Waals surface area (Å²) in [5, 5.41) is 8.44. The SMILES string of the molecule is CNC(=O)OCCNC(=O)C1CCN(C(=O)c2ccc(Nc3nccn4c(I)cnc34)cc2C)CC1. The molecule has 3 heterocycles. The topological polar surface area (TPSA) is 130 Å². The summed E-state index contributed by atoms with van der Waals surface area (Å²) in [4.78, 5) is 47.2. The van der Waals surface area contributed by atoms with Crippen LogP contribution in [0.2, 0.25) is 0 Å². The van der Waals surface area contributed by atoms with Crippen molar-refractivity contribution in [3.05, 3.63) is 51.6 Å². The molecule has 4 rings (SSSR count). The number of nitrogens with zero attached hydrogens (tertiary/aromatic N) is 4. The van der Waals surface area contributed by atoms with Crippen LogP contribution in [0.3, 0.4) is 0 Å². The molecule has 2 aromatic heterocycles. The van der Waals surface area contributed by atoms with Gasteiger partial charge in [-0.1, -0.05) is 0 Å². The Balaban J connectivity index is 1.31. The lowest BCUT2D eigenvalue weighted by molar-refractivity contribution is -0.126. The number of halogens is 1. The Hall–Kier alpha value is -3.42. The van der Waals surface area contributed by atoms with Crippen molar-refractivity contribution >= 4 is 57.7 Å². The van der Waals surface area contributed by atoms with Gasteiger partial charge in [0.05, 0.1) is 12.7 Å². The van der Waals surface area contributed by atoms with Crippen molar-refractivity contribution in [3.8, 4) is 0 Å². The van der Waals surface area contributed by atoms with Gasteiger partial charge in [0.15, 0.2) is 11.5 Å². The van der Waals surface area contributed by atoms with Crippen molar-refractivity contribution in [1.82, 2.24) is 29.9 Å². The van der Waals surface area contributed by atoms with Crippen LogP contribution >= 0.6 is 22.6 Å². The lowest BCUT2D eigenvalue weighted by Crippen LogP contribution is -2.43. The number of anilines is 2. The number of imidazole rings is 1. The van der Waals surface area contributed by atoms with Gasteiger partial charge in [0.25, 0.3) is 5.91 Å². The number of carbonyl (C=O) groups excluding carboxylic acids is 3. The Kier molecular flexibility index (Phi) is 8.23. The lowest BCUT2D eigenvalue weighted by Gasteiger charge is -2.31. The third kappa shape index (κ3) is 5.86. The molecule has 36 heavy (non-hydrogen) atoms. The number of carbonyl (C=O) groups is 3. The number of ether oxygens (including phenoxy) is 1. The Morgan fingerprint density at radius 1 is 1.19 bits per heavy atom.